The number of nitrogens with one attached hydrogen (secondary N) is 1. The Kier molecular flexibility index (Phi) is 5.42. The number of thiazole rings is 1. The van der Waals surface area contributed by atoms with Gasteiger partial charge >= 0.3 is 0 Å². The monoisotopic (exact) mass is 351 g/mol. The van der Waals surface area contributed by atoms with Crippen molar-refractivity contribution in [2.75, 3.05) is 13.1 Å². The normalized spacial score (nSPS) is 16.5. The molecule has 1 N–H and O–H groups in total. The second-order valence-corrected chi connectivity index (χ2v) is 8.42. The van der Waals surface area contributed by atoms with Crippen molar-refractivity contribution in [1.29, 1.82) is 0 Å². The minimum atomic E-state index is -3.47. The van der Waals surface area contributed by atoms with Gasteiger partial charge in [0.05, 0.1) is 17.1 Å². The first-order valence-corrected chi connectivity index (χ1v) is 10.2. The SMILES string of the molecule is O=S(=O)(NCc1nc(CN2CCCCC2)cs1)c1ccccc1. The smallest absolute Gasteiger partial charge is 0.240 e. The van der Waals surface area contributed by atoms with Crippen LogP contribution in [0, 0.1) is 0 Å². The lowest BCUT2D eigenvalue weighted by atomic mass is 10.1. The largest absolute Gasteiger partial charge is 0.297 e. The van der Waals surface area contributed by atoms with Crippen LogP contribution in [0.15, 0.2) is 40.6 Å². The van der Waals surface area contributed by atoms with Crippen LogP contribution in [0.4, 0.5) is 0 Å². The van der Waals surface area contributed by atoms with E-state index in [2.05, 4.69) is 14.6 Å². The molecule has 1 aliphatic heterocycles. The van der Waals surface area contributed by atoms with Gasteiger partial charge in [0, 0.05) is 11.9 Å². The minimum Gasteiger partial charge on any atom is -0.297 e. The topological polar surface area (TPSA) is 62.3 Å². The average Bonchev–Trinajstić information content (AvgIpc) is 3.02. The molecule has 0 saturated carbocycles. The van der Waals surface area contributed by atoms with Crippen LogP contribution in [0.25, 0.3) is 0 Å². The van der Waals surface area contributed by atoms with Crippen molar-refractivity contribution in [3.05, 3.63) is 46.4 Å². The van der Waals surface area contributed by atoms with Gasteiger partial charge in [-0.3, -0.25) is 4.90 Å². The van der Waals surface area contributed by atoms with Gasteiger partial charge in [-0.25, -0.2) is 18.1 Å². The van der Waals surface area contributed by atoms with Crippen LogP contribution < -0.4 is 4.72 Å². The summed E-state index contributed by atoms with van der Waals surface area (Å²) in [6.07, 6.45) is 3.84. The molecule has 1 fully saturated rings. The second-order valence-electron chi connectivity index (χ2n) is 5.71. The van der Waals surface area contributed by atoms with Gasteiger partial charge in [-0.05, 0) is 38.1 Å². The van der Waals surface area contributed by atoms with Crippen LogP contribution in [0.5, 0.6) is 0 Å². The highest BCUT2D eigenvalue weighted by atomic mass is 32.2. The van der Waals surface area contributed by atoms with E-state index in [4.69, 9.17) is 0 Å². The highest BCUT2D eigenvalue weighted by Crippen LogP contribution is 2.16. The second kappa shape index (κ2) is 7.53. The number of aromatic nitrogens is 1. The Morgan fingerprint density at radius 2 is 1.87 bits per heavy atom. The lowest BCUT2D eigenvalue weighted by Crippen LogP contribution is -2.29. The number of hydrogen-bond donors (Lipinski definition) is 1. The van der Waals surface area contributed by atoms with Gasteiger partial charge in [0.15, 0.2) is 0 Å². The molecule has 2 aromatic rings. The molecule has 5 nitrogen and oxygen atoms in total. The maximum atomic E-state index is 12.2. The van der Waals surface area contributed by atoms with E-state index in [1.165, 1.54) is 30.6 Å². The molecule has 0 bridgehead atoms. The summed E-state index contributed by atoms with van der Waals surface area (Å²) in [7, 11) is -3.47. The van der Waals surface area contributed by atoms with Gasteiger partial charge in [-0.1, -0.05) is 24.6 Å². The number of nitrogens with zero attached hydrogens (tertiary/aromatic N) is 2. The molecule has 0 aliphatic carbocycles. The molecule has 0 unspecified atom stereocenters. The summed E-state index contributed by atoms with van der Waals surface area (Å²) in [6.45, 7) is 3.37. The predicted molar refractivity (Wildman–Crippen MR) is 91.7 cm³/mol. The van der Waals surface area contributed by atoms with E-state index in [9.17, 15) is 8.42 Å². The van der Waals surface area contributed by atoms with Gasteiger partial charge < -0.3 is 0 Å². The van der Waals surface area contributed by atoms with Crippen molar-refractivity contribution in [3.63, 3.8) is 0 Å². The van der Waals surface area contributed by atoms with Gasteiger partial charge in [-0.2, -0.15) is 0 Å². The maximum absolute atomic E-state index is 12.2. The van der Waals surface area contributed by atoms with E-state index in [1.807, 2.05) is 5.38 Å². The third-order valence-corrected chi connectivity index (χ3v) is 6.22. The van der Waals surface area contributed by atoms with Gasteiger partial charge in [-0.15, -0.1) is 11.3 Å². The zero-order valence-electron chi connectivity index (χ0n) is 12.9. The zero-order valence-corrected chi connectivity index (χ0v) is 14.6. The zero-order chi connectivity index (χ0) is 16.1. The van der Waals surface area contributed by atoms with Gasteiger partial charge in [0.25, 0.3) is 0 Å². The molecule has 1 saturated heterocycles. The molecular weight excluding hydrogens is 330 g/mol. The van der Waals surface area contributed by atoms with Crippen LogP contribution in [0.2, 0.25) is 0 Å². The molecule has 1 aromatic heterocycles. The number of piperidine rings is 1. The third-order valence-electron chi connectivity index (χ3n) is 3.90. The maximum Gasteiger partial charge on any atom is 0.240 e. The van der Waals surface area contributed by atoms with Crippen molar-refractivity contribution in [3.8, 4) is 0 Å². The molecule has 23 heavy (non-hydrogen) atoms. The Morgan fingerprint density at radius 3 is 2.61 bits per heavy atom. The Balaban J connectivity index is 1.57. The number of benzene rings is 1. The molecule has 0 radical (unpaired) electrons. The number of sulfonamides is 1. The van der Waals surface area contributed by atoms with Gasteiger partial charge in [0.1, 0.15) is 5.01 Å². The first-order chi connectivity index (χ1) is 11.1. The summed E-state index contributed by atoms with van der Waals surface area (Å²) in [4.78, 5) is 7.25. The molecule has 2 heterocycles. The first-order valence-electron chi connectivity index (χ1n) is 7.84. The number of likely N-dealkylation sites (tertiary alicyclic amines) is 1. The average molecular weight is 351 g/mol. The van der Waals surface area contributed by atoms with Crippen molar-refractivity contribution in [2.45, 2.75) is 37.2 Å². The van der Waals surface area contributed by atoms with E-state index in [0.717, 1.165) is 30.3 Å². The standard InChI is InChI=1S/C16H21N3O2S2/c20-23(21,15-7-3-1-4-8-15)17-11-16-18-14(13-22-16)12-19-9-5-2-6-10-19/h1,3-4,7-8,13,17H,2,5-6,9-12H2. The first kappa shape index (κ1) is 16.6. The van der Waals surface area contributed by atoms with Crippen LogP contribution in [0.1, 0.15) is 30.0 Å². The van der Waals surface area contributed by atoms with E-state index < -0.39 is 10.0 Å². The predicted octanol–water partition coefficient (Wildman–Crippen LogP) is 2.61. The fraction of sp³-hybridized carbons (Fsp3) is 0.438. The van der Waals surface area contributed by atoms with Crippen molar-refractivity contribution < 1.29 is 8.42 Å². The van der Waals surface area contributed by atoms with Gasteiger partial charge in [0.2, 0.25) is 10.0 Å². The van der Waals surface area contributed by atoms with E-state index in [0.29, 0.717) is 0 Å². The Bertz CT molecular complexity index is 723. The van der Waals surface area contributed by atoms with Crippen LogP contribution in [0.3, 0.4) is 0 Å². The summed E-state index contributed by atoms with van der Waals surface area (Å²) < 4.78 is 27.0. The van der Waals surface area contributed by atoms with Crippen molar-refractivity contribution in [1.82, 2.24) is 14.6 Å². The number of rotatable bonds is 6. The molecule has 0 atom stereocenters. The molecular formula is C16H21N3O2S2. The summed E-state index contributed by atoms with van der Waals surface area (Å²) in [5.41, 5.74) is 1.03. The summed E-state index contributed by atoms with van der Waals surface area (Å²) in [5, 5.41) is 2.83. The Hall–Kier alpha value is -1.28. The molecule has 0 spiro atoms. The molecule has 0 amide bonds. The number of hydrogen-bond acceptors (Lipinski definition) is 5. The summed E-state index contributed by atoms with van der Waals surface area (Å²) >= 11 is 1.51. The van der Waals surface area contributed by atoms with E-state index in [-0.39, 0.29) is 11.4 Å². The van der Waals surface area contributed by atoms with Crippen molar-refractivity contribution >= 4 is 21.4 Å². The van der Waals surface area contributed by atoms with Crippen molar-refractivity contribution in [2.24, 2.45) is 0 Å². The molecule has 1 aliphatic rings. The van der Waals surface area contributed by atoms with Crippen LogP contribution >= 0.6 is 11.3 Å². The highest BCUT2D eigenvalue weighted by molar-refractivity contribution is 7.89. The Morgan fingerprint density at radius 1 is 1.13 bits per heavy atom. The van der Waals surface area contributed by atoms with E-state index in [1.54, 1.807) is 30.3 Å². The Labute approximate surface area is 141 Å². The third kappa shape index (κ3) is 4.60. The minimum absolute atomic E-state index is 0.238. The highest BCUT2D eigenvalue weighted by Gasteiger charge is 2.15. The fourth-order valence-electron chi connectivity index (χ4n) is 2.69. The summed E-state index contributed by atoms with van der Waals surface area (Å²) in [6, 6.07) is 8.41. The molecule has 124 valence electrons. The molecule has 7 heteroatoms. The molecule has 3 rings (SSSR count). The van der Waals surface area contributed by atoms with Crippen LogP contribution in [-0.2, 0) is 23.1 Å². The quantitative estimate of drug-likeness (QED) is 0.869. The fourth-order valence-corrected chi connectivity index (χ4v) is 4.51. The summed E-state index contributed by atoms with van der Waals surface area (Å²) in [5.74, 6) is 0. The molecule has 1 aromatic carbocycles. The van der Waals surface area contributed by atoms with Crippen LogP contribution in [-0.4, -0.2) is 31.4 Å². The lowest BCUT2D eigenvalue weighted by Gasteiger charge is -2.25. The lowest BCUT2D eigenvalue weighted by molar-refractivity contribution is 0.219. The van der Waals surface area contributed by atoms with E-state index >= 15 is 0 Å².